The van der Waals surface area contributed by atoms with Gasteiger partial charge in [-0.1, -0.05) is 72.8 Å². The lowest BCUT2D eigenvalue weighted by Crippen LogP contribution is -2.31. The number of rotatable bonds is 6. The van der Waals surface area contributed by atoms with Crippen LogP contribution in [0.15, 0.2) is 90.5 Å². The number of benzene rings is 3. The SMILES string of the molecule is COc1ccc(C2/C(=C(/O)c3ccccc3)C(=O)C(=O)N2CCc2ccccc2)cc1. The van der Waals surface area contributed by atoms with Gasteiger partial charge in [-0.25, -0.2) is 0 Å². The summed E-state index contributed by atoms with van der Waals surface area (Å²) in [6, 6.07) is 25.2. The number of aliphatic hydroxyl groups excluding tert-OH is 1. The van der Waals surface area contributed by atoms with Crippen LogP contribution >= 0.6 is 0 Å². The minimum Gasteiger partial charge on any atom is -0.507 e. The molecule has 0 spiro atoms. The highest BCUT2D eigenvalue weighted by atomic mass is 16.5. The van der Waals surface area contributed by atoms with Crippen LogP contribution in [0.25, 0.3) is 5.76 Å². The summed E-state index contributed by atoms with van der Waals surface area (Å²) in [6.45, 7) is 0.358. The van der Waals surface area contributed by atoms with Gasteiger partial charge in [0.25, 0.3) is 11.7 Å². The Labute approximate surface area is 181 Å². The summed E-state index contributed by atoms with van der Waals surface area (Å²) in [4.78, 5) is 27.5. The van der Waals surface area contributed by atoms with Crippen molar-refractivity contribution in [2.45, 2.75) is 12.5 Å². The summed E-state index contributed by atoms with van der Waals surface area (Å²) < 4.78 is 5.24. The van der Waals surface area contributed by atoms with Crippen molar-refractivity contribution in [2.75, 3.05) is 13.7 Å². The zero-order valence-corrected chi connectivity index (χ0v) is 17.2. The fraction of sp³-hybridized carbons (Fsp3) is 0.154. The van der Waals surface area contributed by atoms with Crippen LogP contribution in [0.4, 0.5) is 0 Å². The molecule has 1 fully saturated rings. The number of Topliss-reactive ketones (excluding diaryl/α,β-unsaturated/α-hetero) is 1. The van der Waals surface area contributed by atoms with Gasteiger partial charge in [0.15, 0.2) is 0 Å². The first-order chi connectivity index (χ1) is 15.1. The van der Waals surface area contributed by atoms with E-state index in [0.29, 0.717) is 24.3 Å². The molecule has 1 saturated heterocycles. The van der Waals surface area contributed by atoms with Gasteiger partial charge in [-0.05, 0) is 29.7 Å². The first kappa shape index (κ1) is 20.4. The second-order valence-corrected chi connectivity index (χ2v) is 7.37. The number of methoxy groups -OCH3 is 1. The number of aliphatic hydroxyl groups is 1. The van der Waals surface area contributed by atoms with Crippen molar-refractivity contribution >= 4 is 17.4 Å². The van der Waals surface area contributed by atoms with E-state index in [9.17, 15) is 14.7 Å². The second kappa shape index (κ2) is 8.88. The van der Waals surface area contributed by atoms with Gasteiger partial charge in [0.2, 0.25) is 0 Å². The molecule has 1 aliphatic heterocycles. The fourth-order valence-electron chi connectivity index (χ4n) is 3.89. The number of hydrogen-bond donors (Lipinski definition) is 1. The number of nitrogens with zero attached hydrogens (tertiary/aromatic N) is 1. The molecule has 5 heteroatoms. The van der Waals surface area contributed by atoms with Gasteiger partial charge >= 0.3 is 0 Å². The molecule has 0 bridgehead atoms. The van der Waals surface area contributed by atoms with Crippen LogP contribution in [0.2, 0.25) is 0 Å². The highest BCUT2D eigenvalue weighted by molar-refractivity contribution is 6.46. The molecular formula is C26H23NO4. The molecule has 31 heavy (non-hydrogen) atoms. The average Bonchev–Trinajstić information content (AvgIpc) is 3.08. The molecule has 1 aliphatic rings. The van der Waals surface area contributed by atoms with Crippen molar-refractivity contribution in [2.24, 2.45) is 0 Å². The summed E-state index contributed by atoms with van der Waals surface area (Å²) in [7, 11) is 1.58. The predicted molar refractivity (Wildman–Crippen MR) is 119 cm³/mol. The Morgan fingerprint density at radius 3 is 2.13 bits per heavy atom. The Kier molecular flexibility index (Phi) is 5.85. The van der Waals surface area contributed by atoms with Gasteiger partial charge in [-0.3, -0.25) is 9.59 Å². The minimum absolute atomic E-state index is 0.106. The maximum Gasteiger partial charge on any atom is 0.295 e. The Bertz CT molecular complexity index is 1110. The van der Waals surface area contributed by atoms with E-state index in [-0.39, 0.29) is 11.3 Å². The van der Waals surface area contributed by atoms with Crippen molar-refractivity contribution in [3.63, 3.8) is 0 Å². The van der Waals surface area contributed by atoms with Crippen LogP contribution in [0.3, 0.4) is 0 Å². The lowest BCUT2D eigenvalue weighted by Gasteiger charge is -2.25. The number of amides is 1. The maximum atomic E-state index is 13.0. The number of carbonyl (C=O) groups is 2. The molecule has 1 heterocycles. The van der Waals surface area contributed by atoms with Crippen LogP contribution in [-0.2, 0) is 16.0 Å². The second-order valence-electron chi connectivity index (χ2n) is 7.37. The Balaban J connectivity index is 1.77. The largest absolute Gasteiger partial charge is 0.507 e. The monoisotopic (exact) mass is 413 g/mol. The molecule has 4 rings (SSSR count). The summed E-state index contributed by atoms with van der Waals surface area (Å²) in [5.74, 6) is -0.764. The smallest absolute Gasteiger partial charge is 0.295 e. The zero-order valence-electron chi connectivity index (χ0n) is 17.2. The minimum atomic E-state index is -0.671. The lowest BCUT2D eigenvalue weighted by atomic mass is 9.95. The van der Waals surface area contributed by atoms with Crippen molar-refractivity contribution in [3.8, 4) is 5.75 Å². The zero-order chi connectivity index (χ0) is 21.8. The van der Waals surface area contributed by atoms with Crippen LogP contribution in [-0.4, -0.2) is 35.4 Å². The Hall–Kier alpha value is -3.86. The van der Waals surface area contributed by atoms with Gasteiger partial charge in [-0.2, -0.15) is 0 Å². The lowest BCUT2D eigenvalue weighted by molar-refractivity contribution is -0.139. The van der Waals surface area contributed by atoms with E-state index in [1.54, 1.807) is 48.4 Å². The van der Waals surface area contributed by atoms with Gasteiger partial charge in [-0.15, -0.1) is 0 Å². The predicted octanol–water partition coefficient (Wildman–Crippen LogP) is 4.36. The molecule has 1 amide bonds. The molecule has 0 radical (unpaired) electrons. The van der Waals surface area contributed by atoms with Crippen LogP contribution < -0.4 is 4.74 Å². The molecule has 0 aromatic heterocycles. The van der Waals surface area contributed by atoms with E-state index in [1.807, 2.05) is 48.5 Å². The molecule has 1 N–H and O–H groups in total. The summed E-state index contributed by atoms with van der Waals surface area (Å²) in [5.41, 5.74) is 2.42. The molecule has 0 aliphatic carbocycles. The van der Waals surface area contributed by atoms with Gasteiger partial charge in [0.05, 0.1) is 18.7 Å². The quantitative estimate of drug-likeness (QED) is 0.370. The molecule has 5 nitrogen and oxygen atoms in total. The molecule has 1 atom stereocenters. The standard InChI is InChI=1S/C26H23NO4/c1-31-21-14-12-19(13-15-21)23-22(24(28)20-10-6-3-7-11-20)25(29)26(30)27(23)17-16-18-8-4-2-5-9-18/h2-15,23,28H,16-17H2,1H3/b24-22-. The van der Waals surface area contributed by atoms with E-state index in [0.717, 1.165) is 11.1 Å². The van der Waals surface area contributed by atoms with E-state index < -0.39 is 17.7 Å². The molecule has 1 unspecified atom stereocenters. The molecule has 156 valence electrons. The van der Waals surface area contributed by atoms with Crippen molar-refractivity contribution in [1.29, 1.82) is 0 Å². The molecule has 3 aromatic rings. The Morgan fingerprint density at radius 1 is 0.903 bits per heavy atom. The number of hydrogen-bond acceptors (Lipinski definition) is 4. The highest BCUT2D eigenvalue weighted by Gasteiger charge is 2.45. The van der Waals surface area contributed by atoms with Crippen LogP contribution in [0.1, 0.15) is 22.7 Å². The van der Waals surface area contributed by atoms with Crippen LogP contribution in [0, 0.1) is 0 Å². The first-order valence-corrected chi connectivity index (χ1v) is 10.1. The first-order valence-electron chi connectivity index (χ1n) is 10.1. The van der Waals surface area contributed by atoms with Crippen molar-refractivity contribution < 1.29 is 19.4 Å². The van der Waals surface area contributed by atoms with Gasteiger partial charge in [0.1, 0.15) is 11.5 Å². The van der Waals surface area contributed by atoms with E-state index >= 15 is 0 Å². The van der Waals surface area contributed by atoms with E-state index in [4.69, 9.17) is 4.74 Å². The third kappa shape index (κ3) is 4.08. The number of carbonyl (C=O) groups excluding carboxylic acids is 2. The fourth-order valence-corrected chi connectivity index (χ4v) is 3.89. The summed E-state index contributed by atoms with van der Waals surface area (Å²) >= 11 is 0. The molecular weight excluding hydrogens is 390 g/mol. The van der Waals surface area contributed by atoms with Gasteiger partial charge < -0.3 is 14.7 Å². The highest BCUT2D eigenvalue weighted by Crippen LogP contribution is 2.39. The van der Waals surface area contributed by atoms with E-state index in [2.05, 4.69) is 0 Å². The maximum absolute atomic E-state index is 13.0. The normalized spacial score (nSPS) is 17.7. The van der Waals surface area contributed by atoms with Crippen molar-refractivity contribution in [3.05, 3.63) is 107 Å². The topological polar surface area (TPSA) is 66.8 Å². The van der Waals surface area contributed by atoms with Crippen molar-refractivity contribution in [1.82, 2.24) is 4.90 Å². The number of ketones is 1. The molecule has 0 saturated carbocycles. The summed E-state index contributed by atoms with van der Waals surface area (Å²) in [5, 5.41) is 11.0. The average molecular weight is 413 g/mol. The Morgan fingerprint density at radius 2 is 1.52 bits per heavy atom. The van der Waals surface area contributed by atoms with E-state index in [1.165, 1.54) is 0 Å². The third-order valence-electron chi connectivity index (χ3n) is 5.50. The van der Waals surface area contributed by atoms with Crippen LogP contribution in [0.5, 0.6) is 5.75 Å². The molecule has 3 aromatic carbocycles. The summed E-state index contributed by atoms with van der Waals surface area (Å²) in [6.07, 6.45) is 0.603. The number of likely N-dealkylation sites (tertiary alicyclic amines) is 1. The third-order valence-corrected chi connectivity index (χ3v) is 5.50. The number of ether oxygens (including phenoxy) is 1. The van der Waals surface area contributed by atoms with Gasteiger partial charge in [0, 0.05) is 12.1 Å².